The molecule has 0 bridgehead atoms. The van der Waals surface area contributed by atoms with Crippen LogP contribution in [0.15, 0.2) is 46.3 Å². The quantitative estimate of drug-likeness (QED) is 0.257. The molecule has 0 aliphatic rings. The zero-order valence-electron chi connectivity index (χ0n) is 16.4. The molecule has 0 fully saturated rings. The number of hydrogen-bond acceptors (Lipinski definition) is 5. The van der Waals surface area contributed by atoms with Crippen molar-refractivity contribution in [2.75, 3.05) is 27.2 Å². The van der Waals surface area contributed by atoms with Crippen molar-refractivity contribution in [3.8, 4) is 0 Å². The molecule has 0 aliphatic heterocycles. The molecule has 1 heterocycles. The Morgan fingerprint density at radius 1 is 1.21 bits per heavy atom. The summed E-state index contributed by atoms with van der Waals surface area (Å²) in [4.78, 5) is 5.51. The van der Waals surface area contributed by atoms with Crippen LogP contribution in [0.5, 0.6) is 0 Å². The van der Waals surface area contributed by atoms with Gasteiger partial charge in [-0.3, -0.25) is 0 Å². The normalized spacial score (nSPS) is 13.1. The monoisotopic (exact) mass is 572 g/mol. The second-order valence-electron chi connectivity index (χ2n) is 6.17. The van der Waals surface area contributed by atoms with Crippen LogP contribution in [-0.4, -0.2) is 51.0 Å². The van der Waals surface area contributed by atoms with Gasteiger partial charge in [0.2, 0.25) is 10.0 Å². The van der Waals surface area contributed by atoms with Gasteiger partial charge in [0.15, 0.2) is 5.96 Å². The van der Waals surface area contributed by atoms with E-state index in [1.54, 1.807) is 36.4 Å². The summed E-state index contributed by atoms with van der Waals surface area (Å²) in [7, 11) is -0.439. The van der Waals surface area contributed by atoms with Crippen LogP contribution in [0.25, 0.3) is 0 Å². The smallest absolute Gasteiger partial charge is 0.242 e. The molecule has 1 unspecified atom stereocenters. The van der Waals surface area contributed by atoms with E-state index < -0.39 is 16.1 Å². The number of aliphatic hydroxyl groups excluding tert-OH is 1. The second kappa shape index (κ2) is 12.1. The van der Waals surface area contributed by atoms with E-state index in [4.69, 9.17) is 11.6 Å². The minimum absolute atomic E-state index is 0. The van der Waals surface area contributed by atoms with Crippen LogP contribution in [0.1, 0.15) is 23.5 Å². The minimum atomic E-state index is -3.44. The highest BCUT2D eigenvalue weighted by atomic mass is 127. The summed E-state index contributed by atoms with van der Waals surface area (Å²) in [6.07, 6.45) is -0.683. The lowest BCUT2D eigenvalue weighted by atomic mass is 10.2. The van der Waals surface area contributed by atoms with Gasteiger partial charge in [-0.15, -0.1) is 35.3 Å². The molecule has 1 atom stereocenters. The van der Waals surface area contributed by atoms with E-state index in [0.717, 1.165) is 10.4 Å². The summed E-state index contributed by atoms with van der Waals surface area (Å²) in [5.74, 6) is 0.564. The number of nitrogens with one attached hydrogen (secondary N) is 2. The van der Waals surface area contributed by atoms with Gasteiger partial charge in [-0.25, -0.2) is 17.7 Å². The molecule has 7 nitrogen and oxygen atoms in total. The molecule has 3 N–H and O–H groups in total. The molecular formula is C18H26ClIN4O3S2. The van der Waals surface area contributed by atoms with Crippen molar-refractivity contribution in [2.24, 2.45) is 4.99 Å². The van der Waals surface area contributed by atoms with Crippen molar-refractivity contribution < 1.29 is 13.5 Å². The van der Waals surface area contributed by atoms with E-state index in [0.29, 0.717) is 29.9 Å². The summed E-state index contributed by atoms with van der Waals surface area (Å²) in [6.45, 7) is 3.29. The third-order valence-corrected chi connectivity index (χ3v) is 7.01. The molecular weight excluding hydrogens is 547 g/mol. The highest BCUT2D eigenvalue weighted by molar-refractivity contribution is 14.0. The molecule has 1 aromatic heterocycles. The highest BCUT2D eigenvalue weighted by Crippen LogP contribution is 2.26. The van der Waals surface area contributed by atoms with Crippen LogP contribution in [0.2, 0.25) is 4.34 Å². The standard InChI is InChI=1S/C18H25ClN4O3S2.HI/c1-4-20-18(22-12-15(24)16-9-10-17(19)27-16)21-11-13-5-7-14(8-6-13)28(25,26)23(2)3;/h5-10,15,24H,4,11-12H2,1-3H3,(H2,20,21,22);1H. The Labute approximate surface area is 198 Å². The van der Waals surface area contributed by atoms with Crippen LogP contribution in [0.4, 0.5) is 0 Å². The molecule has 162 valence electrons. The Hall–Kier alpha value is -0.920. The maximum absolute atomic E-state index is 12.1. The van der Waals surface area contributed by atoms with Crippen molar-refractivity contribution in [2.45, 2.75) is 24.5 Å². The first kappa shape index (κ1) is 26.1. The maximum Gasteiger partial charge on any atom is 0.242 e. The van der Waals surface area contributed by atoms with Crippen molar-refractivity contribution in [1.82, 2.24) is 14.9 Å². The number of rotatable bonds is 8. The second-order valence-corrected chi connectivity index (χ2v) is 10.1. The predicted octanol–water partition coefficient (Wildman–Crippen LogP) is 3.06. The van der Waals surface area contributed by atoms with Crippen LogP contribution in [0.3, 0.4) is 0 Å². The van der Waals surface area contributed by atoms with Crippen LogP contribution < -0.4 is 10.6 Å². The Bertz CT molecular complexity index is 902. The molecule has 29 heavy (non-hydrogen) atoms. The summed E-state index contributed by atoms with van der Waals surface area (Å²) in [5, 5.41) is 16.5. The van der Waals surface area contributed by atoms with Gasteiger partial charge in [0, 0.05) is 32.1 Å². The molecule has 2 aromatic rings. The molecule has 0 amide bonds. The number of thiophene rings is 1. The lowest BCUT2D eigenvalue weighted by molar-refractivity contribution is 0.184. The Kier molecular flexibility index (Phi) is 10.9. The zero-order chi connectivity index (χ0) is 20.7. The van der Waals surface area contributed by atoms with Gasteiger partial charge < -0.3 is 15.7 Å². The average molecular weight is 573 g/mol. The first-order chi connectivity index (χ1) is 13.2. The molecule has 0 saturated carbocycles. The van der Waals surface area contributed by atoms with E-state index in [1.165, 1.54) is 29.7 Å². The Morgan fingerprint density at radius 3 is 2.38 bits per heavy atom. The van der Waals surface area contributed by atoms with Gasteiger partial charge in [0.05, 0.1) is 15.8 Å². The average Bonchev–Trinajstić information content (AvgIpc) is 3.10. The molecule has 2 rings (SSSR count). The molecule has 11 heteroatoms. The Balaban J connectivity index is 0.00000420. The van der Waals surface area contributed by atoms with Crippen molar-refractivity contribution in [3.63, 3.8) is 0 Å². The number of guanidine groups is 1. The molecule has 0 saturated heterocycles. The first-order valence-electron chi connectivity index (χ1n) is 8.71. The lowest BCUT2D eigenvalue weighted by Crippen LogP contribution is -2.39. The number of hydrogen-bond donors (Lipinski definition) is 3. The molecule has 1 aromatic carbocycles. The fourth-order valence-corrected chi connectivity index (χ4v) is 4.24. The van der Waals surface area contributed by atoms with Crippen molar-refractivity contribution >= 4 is 62.9 Å². The molecule has 0 aliphatic carbocycles. The van der Waals surface area contributed by atoms with Gasteiger partial charge in [0.25, 0.3) is 0 Å². The highest BCUT2D eigenvalue weighted by Gasteiger charge is 2.16. The van der Waals surface area contributed by atoms with Crippen LogP contribution in [-0.2, 0) is 16.6 Å². The fraction of sp³-hybridized carbons (Fsp3) is 0.389. The van der Waals surface area contributed by atoms with E-state index >= 15 is 0 Å². The summed E-state index contributed by atoms with van der Waals surface area (Å²) in [5.41, 5.74) is 0.875. The van der Waals surface area contributed by atoms with Gasteiger partial charge in [-0.1, -0.05) is 23.7 Å². The van der Waals surface area contributed by atoms with Crippen LogP contribution >= 0.6 is 46.9 Å². The van der Waals surface area contributed by atoms with Gasteiger partial charge in [-0.2, -0.15) is 0 Å². The first-order valence-corrected chi connectivity index (χ1v) is 11.3. The minimum Gasteiger partial charge on any atom is -0.386 e. The van der Waals surface area contributed by atoms with E-state index in [-0.39, 0.29) is 28.9 Å². The third kappa shape index (κ3) is 7.68. The van der Waals surface area contributed by atoms with Gasteiger partial charge in [-0.05, 0) is 36.8 Å². The lowest BCUT2D eigenvalue weighted by Gasteiger charge is -2.14. The number of sulfonamides is 1. The number of benzene rings is 1. The number of nitrogens with zero attached hydrogens (tertiary/aromatic N) is 2. The molecule has 0 radical (unpaired) electrons. The maximum atomic E-state index is 12.1. The fourth-order valence-electron chi connectivity index (χ4n) is 2.29. The number of halogens is 2. The SMILES string of the molecule is CCNC(=NCc1ccc(S(=O)(=O)N(C)C)cc1)NCC(O)c1ccc(Cl)s1.I. The topological polar surface area (TPSA) is 94.0 Å². The zero-order valence-corrected chi connectivity index (χ0v) is 21.1. The number of aliphatic hydroxyl groups is 1. The summed E-state index contributed by atoms with van der Waals surface area (Å²) >= 11 is 7.24. The number of aliphatic imine (C=N–C) groups is 1. The van der Waals surface area contributed by atoms with Crippen molar-refractivity contribution in [1.29, 1.82) is 0 Å². The van der Waals surface area contributed by atoms with Gasteiger partial charge in [0.1, 0.15) is 6.10 Å². The Morgan fingerprint density at radius 2 is 1.86 bits per heavy atom. The van der Waals surface area contributed by atoms with E-state index in [9.17, 15) is 13.5 Å². The van der Waals surface area contributed by atoms with E-state index in [1.807, 2.05) is 6.92 Å². The molecule has 0 spiro atoms. The van der Waals surface area contributed by atoms with Gasteiger partial charge >= 0.3 is 0 Å². The van der Waals surface area contributed by atoms with Crippen molar-refractivity contribution in [3.05, 3.63) is 51.2 Å². The van der Waals surface area contributed by atoms with Crippen LogP contribution in [0, 0.1) is 0 Å². The summed E-state index contributed by atoms with van der Waals surface area (Å²) < 4.78 is 26.0. The summed E-state index contributed by atoms with van der Waals surface area (Å²) in [6, 6.07) is 10.2. The predicted molar refractivity (Wildman–Crippen MR) is 130 cm³/mol. The van der Waals surface area contributed by atoms with E-state index in [2.05, 4.69) is 15.6 Å². The largest absolute Gasteiger partial charge is 0.386 e. The third-order valence-electron chi connectivity index (χ3n) is 3.85.